The Labute approximate surface area is 170 Å². The van der Waals surface area contributed by atoms with Crippen molar-refractivity contribution in [3.63, 3.8) is 0 Å². The maximum atomic E-state index is 6.11. The van der Waals surface area contributed by atoms with Crippen LogP contribution in [0, 0.1) is 10.8 Å². The van der Waals surface area contributed by atoms with Crippen LogP contribution < -0.4 is 5.73 Å². The van der Waals surface area contributed by atoms with E-state index in [9.17, 15) is 0 Å². The van der Waals surface area contributed by atoms with E-state index in [0.29, 0.717) is 24.1 Å². The molecule has 1 aromatic carbocycles. The van der Waals surface area contributed by atoms with Crippen LogP contribution in [0.3, 0.4) is 0 Å². The molecule has 29 heavy (non-hydrogen) atoms. The quantitative estimate of drug-likeness (QED) is 0.851. The molecule has 3 aliphatic carbocycles. The minimum atomic E-state index is -0.396. The van der Waals surface area contributed by atoms with Crippen LogP contribution in [0.2, 0.25) is 0 Å². The van der Waals surface area contributed by atoms with Crippen LogP contribution in [-0.2, 0) is 21.4 Å². The number of fused-ring (bicyclic) bond motifs is 3. The summed E-state index contributed by atoms with van der Waals surface area (Å²) in [6, 6.07) is 7.04. The Kier molecular flexibility index (Phi) is 3.47. The first-order valence-electron chi connectivity index (χ1n) is 10.5. The summed E-state index contributed by atoms with van der Waals surface area (Å²) in [5.41, 5.74) is 10.8. The molecule has 150 valence electrons. The summed E-state index contributed by atoms with van der Waals surface area (Å²) < 4.78 is 11.7. The van der Waals surface area contributed by atoms with E-state index in [1.54, 1.807) is 6.33 Å². The van der Waals surface area contributed by atoms with Crippen LogP contribution in [0.25, 0.3) is 11.1 Å². The predicted molar refractivity (Wildman–Crippen MR) is 109 cm³/mol. The lowest BCUT2D eigenvalue weighted by Gasteiger charge is -2.49. The summed E-state index contributed by atoms with van der Waals surface area (Å²) in [5, 5.41) is 0. The molecule has 2 saturated carbocycles. The number of methoxy groups -OCH3 is 1. The zero-order valence-corrected chi connectivity index (χ0v) is 16.7. The molecule has 1 aliphatic heterocycles. The minimum Gasteiger partial charge on any atom is -0.462 e. The molecule has 1 aromatic heterocycles. The van der Waals surface area contributed by atoms with Gasteiger partial charge in [-0.3, -0.25) is 0 Å². The van der Waals surface area contributed by atoms with Gasteiger partial charge in [-0.2, -0.15) is 0 Å². The Bertz CT molecular complexity index is 1000. The highest BCUT2D eigenvalue weighted by molar-refractivity contribution is 5.76. The number of benzene rings is 1. The molecule has 3 spiro atoms. The van der Waals surface area contributed by atoms with Crippen molar-refractivity contribution in [2.75, 3.05) is 13.7 Å². The molecule has 0 saturated heterocycles. The molecule has 2 fully saturated rings. The summed E-state index contributed by atoms with van der Waals surface area (Å²) in [7, 11) is 1.87. The number of ether oxygens (including phenoxy) is 2. The number of rotatable bonds is 2. The fraction of sp³-hybridized carbons (Fsp3) is 0.522. The fourth-order valence-corrected chi connectivity index (χ4v) is 6.50. The molecule has 6 rings (SSSR count). The van der Waals surface area contributed by atoms with E-state index in [1.807, 2.05) is 19.5 Å². The zero-order valence-electron chi connectivity index (χ0n) is 16.7. The minimum absolute atomic E-state index is 0.0494. The molecule has 0 amide bonds. The van der Waals surface area contributed by atoms with E-state index in [4.69, 9.17) is 20.2 Å². The number of nitrogens with zero attached hydrogens (tertiary/aromatic N) is 3. The van der Waals surface area contributed by atoms with Crippen LogP contribution in [0.15, 0.2) is 41.9 Å². The van der Waals surface area contributed by atoms with Crippen molar-refractivity contribution in [3.8, 4) is 11.1 Å². The highest BCUT2D eigenvalue weighted by Crippen LogP contribution is 2.70. The maximum absolute atomic E-state index is 6.11. The van der Waals surface area contributed by atoms with E-state index in [1.165, 1.54) is 24.0 Å². The monoisotopic (exact) mass is 390 g/mol. The molecule has 0 radical (unpaired) electrons. The molecule has 2 aromatic rings. The maximum Gasteiger partial charge on any atom is 0.283 e. The zero-order chi connectivity index (χ0) is 19.7. The fourth-order valence-electron chi connectivity index (χ4n) is 6.50. The van der Waals surface area contributed by atoms with Crippen LogP contribution in [-0.4, -0.2) is 35.8 Å². The molecular weight excluding hydrogens is 364 g/mol. The van der Waals surface area contributed by atoms with Crippen LogP contribution in [0.5, 0.6) is 0 Å². The molecule has 3 atom stereocenters. The Morgan fingerprint density at radius 3 is 2.66 bits per heavy atom. The van der Waals surface area contributed by atoms with Gasteiger partial charge in [0.1, 0.15) is 18.5 Å². The average molecular weight is 390 g/mol. The molecule has 1 unspecified atom stereocenters. The second-order valence-electron chi connectivity index (χ2n) is 9.36. The first kappa shape index (κ1) is 17.4. The third kappa shape index (κ3) is 2.29. The lowest BCUT2D eigenvalue weighted by Crippen LogP contribution is -2.50. The van der Waals surface area contributed by atoms with Crippen molar-refractivity contribution in [2.24, 2.45) is 21.6 Å². The van der Waals surface area contributed by atoms with Crippen molar-refractivity contribution in [3.05, 3.63) is 48.0 Å². The average Bonchev–Trinajstić information content (AvgIpc) is 3.30. The molecular formula is C23H26N4O2. The Balaban J connectivity index is 1.48. The van der Waals surface area contributed by atoms with Crippen molar-refractivity contribution in [2.45, 2.75) is 50.2 Å². The van der Waals surface area contributed by atoms with Crippen LogP contribution >= 0.6 is 0 Å². The lowest BCUT2D eigenvalue weighted by molar-refractivity contribution is -0.0621. The Morgan fingerprint density at radius 2 is 1.97 bits per heavy atom. The van der Waals surface area contributed by atoms with Gasteiger partial charge in [0, 0.05) is 30.5 Å². The highest BCUT2D eigenvalue weighted by Gasteiger charge is 2.67. The van der Waals surface area contributed by atoms with E-state index < -0.39 is 5.54 Å². The van der Waals surface area contributed by atoms with Gasteiger partial charge in [-0.1, -0.05) is 12.1 Å². The van der Waals surface area contributed by atoms with E-state index in [2.05, 4.69) is 28.2 Å². The summed E-state index contributed by atoms with van der Waals surface area (Å²) >= 11 is 0. The second kappa shape index (κ2) is 5.79. The molecule has 2 N–H and O–H groups in total. The van der Waals surface area contributed by atoms with E-state index in [-0.39, 0.29) is 5.41 Å². The van der Waals surface area contributed by atoms with Gasteiger partial charge >= 0.3 is 0 Å². The van der Waals surface area contributed by atoms with Gasteiger partial charge in [-0.25, -0.2) is 15.0 Å². The number of hydrogen-bond acceptors (Lipinski definition) is 6. The van der Waals surface area contributed by atoms with Gasteiger partial charge in [-0.05, 0) is 66.7 Å². The van der Waals surface area contributed by atoms with Crippen molar-refractivity contribution in [1.82, 2.24) is 9.97 Å². The number of aliphatic imine (C=N–C) groups is 1. The van der Waals surface area contributed by atoms with Crippen molar-refractivity contribution < 1.29 is 9.47 Å². The van der Waals surface area contributed by atoms with Gasteiger partial charge in [0.2, 0.25) is 0 Å². The van der Waals surface area contributed by atoms with E-state index in [0.717, 1.165) is 36.8 Å². The van der Waals surface area contributed by atoms with Gasteiger partial charge < -0.3 is 15.2 Å². The third-order valence-corrected chi connectivity index (χ3v) is 8.02. The molecule has 6 heteroatoms. The van der Waals surface area contributed by atoms with Crippen LogP contribution in [0.1, 0.15) is 43.2 Å². The summed E-state index contributed by atoms with van der Waals surface area (Å²) in [6.07, 6.45) is 12.5. The first-order valence-corrected chi connectivity index (χ1v) is 10.5. The van der Waals surface area contributed by atoms with Gasteiger partial charge in [0.15, 0.2) is 0 Å². The molecule has 0 bridgehead atoms. The highest BCUT2D eigenvalue weighted by atomic mass is 16.5. The number of aromatic nitrogens is 2. The summed E-state index contributed by atoms with van der Waals surface area (Å²) in [4.78, 5) is 13.4. The van der Waals surface area contributed by atoms with Crippen molar-refractivity contribution in [1.29, 1.82) is 0 Å². The van der Waals surface area contributed by atoms with E-state index >= 15 is 0 Å². The van der Waals surface area contributed by atoms with Gasteiger partial charge in [0.25, 0.3) is 6.02 Å². The summed E-state index contributed by atoms with van der Waals surface area (Å²) in [5.74, 6) is 0. The second-order valence-corrected chi connectivity index (χ2v) is 9.36. The largest absolute Gasteiger partial charge is 0.462 e. The molecule has 4 aliphatic rings. The van der Waals surface area contributed by atoms with Crippen molar-refractivity contribution >= 4 is 6.02 Å². The Morgan fingerprint density at radius 1 is 1.14 bits per heavy atom. The summed E-state index contributed by atoms with van der Waals surface area (Å²) in [6.45, 7) is 0.536. The Hall–Kier alpha value is -2.47. The van der Waals surface area contributed by atoms with Gasteiger partial charge in [-0.15, -0.1) is 0 Å². The topological polar surface area (TPSA) is 82.6 Å². The predicted octanol–water partition coefficient (Wildman–Crippen LogP) is 3.21. The molecule has 2 heterocycles. The molecule has 6 nitrogen and oxygen atoms in total. The van der Waals surface area contributed by atoms with Crippen LogP contribution in [0.4, 0.5) is 0 Å². The standard InChI is InChI=1S/C23H26N4O2/c1-28-19-4-5-22(12-21(19)6-7-21)9-16-3-2-15(17-10-25-14-26-11-17)8-18(16)23(22)13-29-20(24)27-23/h2-3,8,10-11,14,19H,4-7,9,12-13H2,1H3,(H2,24,27)/t19-,22+,23?/m1/s1. The first-order chi connectivity index (χ1) is 14.1. The smallest absolute Gasteiger partial charge is 0.283 e. The number of nitrogens with two attached hydrogens (primary N) is 1. The lowest BCUT2D eigenvalue weighted by atomic mass is 9.58. The van der Waals surface area contributed by atoms with Gasteiger partial charge in [0.05, 0.1) is 6.10 Å². The number of amidine groups is 1. The normalized spacial score (nSPS) is 33.7. The third-order valence-electron chi connectivity index (χ3n) is 8.02. The SMILES string of the molecule is CO[C@@H]1CC[C@]2(Cc3ccc(-c4cncnc4)cc3C23COC(N)=N3)CC12CC2. The number of hydrogen-bond donors (Lipinski definition) is 1.